The highest BCUT2D eigenvalue weighted by Gasteiger charge is 2.02. The van der Waals surface area contributed by atoms with E-state index in [4.69, 9.17) is 4.42 Å². The maximum atomic E-state index is 11.7. The SMILES string of the molecule is CC(C)=CCn1cc(-c2ccco2)ccc1=O. The van der Waals surface area contributed by atoms with Gasteiger partial charge < -0.3 is 8.98 Å². The van der Waals surface area contributed by atoms with Gasteiger partial charge in [0.05, 0.1) is 6.26 Å². The van der Waals surface area contributed by atoms with Crippen LogP contribution in [-0.2, 0) is 6.54 Å². The predicted octanol–water partition coefficient (Wildman–Crippen LogP) is 3.07. The van der Waals surface area contributed by atoms with E-state index in [0.717, 1.165) is 11.3 Å². The monoisotopic (exact) mass is 229 g/mol. The van der Waals surface area contributed by atoms with Gasteiger partial charge in [-0.3, -0.25) is 4.79 Å². The van der Waals surface area contributed by atoms with Gasteiger partial charge in [0.1, 0.15) is 5.76 Å². The van der Waals surface area contributed by atoms with Crippen LogP contribution in [0.4, 0.5) is 0 Å². The lowest BCUT2D eigenvalue weighted by atomic mass is 10.2. The van der Waals surface area contributed by atoms with Crippen molar-refractivity contribution in [1.29, 1.82) is 0 Å². The number of nitrogens with zero attached hydrogens (tertiary/aromatic N) is 1. The lowest BCUT2D eigenvalue weighted by Crippen LogP contribution is -2.17. The zero-order valence-corrected chi connectivity index (χ0v) is 10.0. The topological polar surface area (TPSA) is 35.1 Å². The third kappa shape index (κ3) is 2.75. The van der Waals surface area contributed by atoms with Crippen LogP contribution < -0.4 is 5.56 Å². The molecule has 0 aliphatic rings. The number of furan rings is 1. The van der Waals surface area contributed by atoms with Gasteiger partial charge in [-0.25, -0.2) is 0 Å². The zero-order chi connectivity index (χ0) is 12.3. The first-order chi connectivity index (χ1) is 8.16. The Kier molecular flexibility index (Phi) is 3.28. The standard InChI is InChI=1S/C14H15NO2/c1-11(2)7-8-15-10-12(5-6-14(15)16)13-4-3-9-17-13/h3-7,9-10H,8H2,1-2H3. The lowest BCUT2D eigenvalue weighted by molar-refractivity contribution is 0.581. The van der Waals surface area contributed by atoms with Crippen LogP contribution in [0.2, 0.25) is 0 Å². The highest BCUT2D eigenvalue weighted by molar-refractivity contribution is 5.55. The van der Waals surface area contributed by atoms with E-state index >= 15 is 0 Å². The van der Waals surface area contributed by atoms with Gasteiger partial charge in [0, 0.05) is 24.4 Å². The van der Waals surface area contributed by atoms with E-state index < -0.39 is 0 Å². The molecule has 0 N–H and O–H groups in total. The molecule has 17 heavy (non-hydrogen) atoms. The Morgan fingerprint density at radius 2 is 2.18 bits per heavy atom. The minimum absolute atomic E-state index is 0.00203. The zero-order valence-electron chi connectivity index (χ0n) is 10.0. The summed E-state index contributed by atoms with van der Waals surface area (Å²) in [5.41, 5.74) is 2.11. The van der Waals surface area contributed by atoms with Crippen LogP contribution in [0.5, 0.6) is 0 Å². The van der Waals surface area contributed by atoms with Gasteiger partial charge in [-0.1, -0.05) is 11.6 Å². The van der Waals surface area contributed by atoms with Gasteiger partial charge >= 0.3 is 0 Å². The predicted molar refractivity (Wildman–Crippen MR) is 67.8 cm³/mol. The molecule has 88 valence electrons. The molecule has 0 aliphatic heterocycles. The van der Waals surface area contributed by atoms with Crippen molar-refractivity contribution in [3.05, 3.63) is 58.7 Å². The average molecular weight is 229 g/mol. The van der Waals surface area contributed by atoms with Gasteiger partial charge in [-0.2, -0.15) is 0 Å². The molecule has 2 rings (SSSR count). The van der Waals surface area contributed by atoms with Gasteiger partial charge in [-0.05, 0) is 32.0 Å². The Balaban J connectivity index is 2.36. The second kappa shape index (κ2) is 4.87. The second-order valence-corrected chi connectivity index (χ2v) is 4.17. The summed E-state index contributed by atoms with van der Waals surface area (Å²) in [5, 5.41) is 0. The molecule has 2 aromatic heterocycles. The molecule has 3 heteroatoms. The van der Waals surface area contributed by atoms with Crippen LogP contribution in [0.25, 0.3) is 11.3 Å². The molecule has 2 heterocycles. The Morgan fingerprint density at radius 3 is 2.82 bits per heavy atom. The summed E-state index contributed by atoms with van der Waals surface area (Å²) in [6, 6.07) is 7.06. The summed E-state index contributed by atoms with van der Waals surface area (Å²) in [6.45, 7) is 4.62. The summed E-state index contributed by atoms with van der Waals surface area (Å²) in [5.74, 6) is 0.774. The summed E-state index contributed by atoms with van der Waals surface area (Å²) < 4.78 is 6.98. The van der Waals surface area contributed by atoms with E-state index in [0.29, 0.717) is 6.54 Å². The highest BCUT2D eigenvalue weighted by Crippen LogP contribution is 2.17. The molecule has 0 unspecified atom stereocenters. The highest BCUT2D eigenvalue weighted by atomic mass is 16.3. The third-order valence-corrected chi connectivity index (χ3v) is 2.49. The van der Waals surface area contributed by atoms with Gasteiger partial charge in [0.25, 0.3) is 5.56 Å². The largest absolute Gasteiger partial charge is 0.464 e. The Hall–Kier alpha value is -2.03. The number of hydrogen-bond donors (Lipinski definition) is 0. The quantitative estimate of drug-likeness (QED) is 0.758. The van der Waals surface area contributed by atoms with E-state index in [1.54, 1.807) is 23.0 Å². The first kappa shape index (κ1) is 11.5. The molecule has 0 fully saturated rings. The van der Waals surface area contributed by atoms with Crippen LogP contribution in [-0.4, -0.2) is 4.57 Å². The Bertz CT molecular complexity index is 573. The Morgan fingerprint density at radius 1 is 1.35 bits per heavy atom. The van der Waals surface area contributed by atoms with Crippen LogP contribution in [0.1, 0.15) is 13.8 Å². The first-order valence-electron chi connectivity index (χ1n) is 5.54. The van der Waals surface area contributed by atoms with Crippen LogP contribution in [0.15, 0.2) is 57.6 Å². The molecule has 0 spiro atoms. The fourth-order valence-electron chi connectivity index (χ4n) is 1.54. The minimum Gasteiger partial charge on any atom is -0.464 e. The molecular formula is C14H15NO2. The van der Waals surface area contributed by atoms with Crippen molar-refractivity contribution in [3.8, 4) is 11.3 Å². The van der Waals surface area contributed by atoms with Crippen molar-refractivity contribution in [2.24, 2.45) is 0 Å². The number of aromatic nitrogens is 1. The van der Waals surface area contributed by atoms with Gasteiger partial charge in [-0.15, -0.1) is 0 Å². The summed E-state index contributed by atoms with van der Waals surface area (Å²) >= 11 is 0. The van der Waals surface area contributed by atoms with Crippen LogP contribution in [0, 0.1) is 0 Å². The molecule has 0 saturated carbocycles. The summed E-state index contributed by atoms with van der Waals surface area (Å²) in [4.78, 5) is 11.7. The van der Waals surface area contributed by atoms with Crippen molar-refractivity contribution in [3.63, 3.8) is 0 Å². The molecule has 3 nitrogen and oxygen atoms in total. The molecular weight excluding hydrogens is 214 g/mol. The maximum Gasteiger partial charge on any atom is 0.250 e. The van der Waals surface area contributed by atoms with Crippen LogP contribution >= 0.6 is 0 Å². The molecule has 2 aromatic rings. The number of hydrogen-bond acceptors (Lipinski definition) is 2. The summed E-state index contributed by atoms with van der Waals surface area (Å²) in [7, 11) is 0. The maximum absolute atomic E-state index is 11.7. The molecule has 0 radical (unpaired) electrons. The van der Waals surface area contributed by atoms with E-state index in [1.807, 2.05) is 38.3 Å². The smallest absolute Gasteiger partial charge is 0.250 e. The number of rotatable bonds is 3. The third-order valence-electron chi connectivity index (χ3n) is 2.49. The minimum atomic E-state index is -0.00203. The molecule has 0 aromatic carbocycles. The van der Waals surface area contributed by atoms with Crippen LogP contribution in [0.3, 0.4) is 0 Å². The Labute approximate surface area is 100 Å². The molecule has 0 amide bonds. The second-order valence-electron chi connectivity index (χ2n) is 4.17. The van der Waals surface area contributed by atoms with Gasteiger partial charge in [0.2, 0.25) is 0 Å². The van der Waals surface area contributed by atoms with E-state index in [-0.39, 0.29) is 5.56 Å². The first-order valence-corrected chi connectivity index (χ1v) is 5.54. The van der Waals surface area contributed by atoms with Crippen molar-refractivity contribution >= 4 is 0 Å². The average Bonchev–Trinajstić information content (AvgIpc) is 2.81. The van der Waals surface area contributed by atoms with Crippen molar-refractivity contribution in [2.75, 3.05) is 0 Å². The fraction of sp³-hybridized carbons (Fsp3) is 0.214. The summed E-state index contributed by atoms with van der Waals surface area (Å²) in [6.07, 6.45) is 5.47. The van der Waals surface area contributed by atoms with E-state index in [1.165, 1.54) is 5.57 Å². The number of pyridine rings is 1. The van der Waals surface area contributed by atoms with E-state index in [9.17, 15) is 4.79 Å². The van der Waals surface area contributed by atoms with Crippen molar-refractivity contribution < 1.29 is 4.42 Å². The molecule has 0 aliphatic carbocycles. The van der Waals surface area contributed by atoms with Crippen molar-refractivity contribution in [1.82, 2.24) is 4.57 Å². The van der Waals surface area contributed by atoms with E-state index in [2.05, 4.69) is 0 Å². The van der Waals surface area contributed by atoms with Gasteiger partial charge in [0.15, 0.2) is 0 Å². The number of allylic oxidation sites excluding steroid dienone is 2. The lowest BCUT2D eigenvalue weighted by Gasteiger charge is -2.04. The molecule has 0 saturated heterocycles. The van der Waals surface area contributed by atoms with Crippen molar-refractivity contribution in [2.45, 2.75) is 20.4 Å². The fourth-order valence-corrected chi connectivity index (χ4v) is 1.54. The molecule has 0 bridgehead atoms. The molecule has 0 atom stereocenters. The normalized spacial score (nSPS) is 10.2.